The minimum atomic E-state index is -0.294. The Labute approximate surface area is 202 Å². The second kappa shape index (κ2) is 11.2. The molecular formula is C25H29FN6O3. The molecule has 0 aliphatic heterocycles. The number of halogens is 1. The standard InChI is InChI=1S/C25H29FN6O3/c1-4-23(24-28-29-30-32(24)11-12-34-2)31(15-17-5-8-20(26)9-6-17)16-19-13-18-7-10-21(35-3)14-22(18)27-25(19)33/h5-10,13-14,23H,4,11-12,15-16H2,1-3H3,(H,27,33). The highest BCUT2D eigenvalue weighted by molar-refractivity contribution is 5.80. The Kier molecular flexibility index (Phi) is 7.84. The van der Waals surface area contributed by atoms with Crippen LogP contribution < -0.4 is 10.3 Å². The lowest BCUT2D eigenvalue weighted by atomic mass is 10.1. The fraction of sp³-hybridized carbons (Fsp3) is 0.360. The lowest BCUT2D eigenvalue weighted by Crippen LogP contribution is -2.32. The Morgan fingerprint density at radius 1 is 1.11 bits per heavy atom. The van der Waals surface area contributed by atoms with Crippen LogP contribution in [0.15, 0.2) is 53.3 Å². The number of aromatic amines is 1. The number of benzene rings is 2. The molecule has 10 heteroatoms. The van der Waals surface area contributed by atoms with E-state index in [4.69, 9.17) is 9.47 Å². The SMILES string of the molecule is CCC(c1nnnn1CCOC)N(Cc1ccc(F)cc1)Cc1cc2ccc(OC)cc2[nH]c1=O. The van der Waals surface area contributed by atoms with Crippen molar-refractivity contribution in [1.82, 2.24) is 30.1 Å². The van der Waals surface area contributed by atoms with Crippen molar-refractivity contribution in [1.29, 1.82) is 0 Å². The molecule has 0 radical (unpaired) electrons. The topological polar surface area (TPSA) is 98.2 Å². The molecular weight excluding hydrogens is 451 g/mol. The van der Waals surface area contributed by atoms with Gasteiger partial charge in [0, 0.05) is 31.8 Å². The van der Waals surface area contributed by atoms with E-state index in [1.807, 2.05) is 18.2 Å². The maximum Gasteiger partial charge on any atom is 0.252 e. The number of H-pyrrole nitrogens is 1. The third kappa shape index (κ3) is 5.72. The van der Waals surface area contributed by atoms with Crippen LogP contribution in [0.4, 0.5) is 4.39 Å². The van der Waals surface area contributed by atoms with Crippen molar-refractivity contribution in [3.8, 4) is 5.75 Å². The van der Waals surface area contributed by atoms with Gasteiger partial charge in [-0.3, -0.25) is 9.69 Å². The van der Waals surface area contributed by atoms with Crippen LogP contribution in [0.25, 0.3) is 10.9 Å². The molecule has 2 heterocycles. The minimum Gasteiger partial charge on any atom is -0.497 e. The summed E-state index contributed by atoms with van der Waals surface area (Å²) >= 11 is 0. The van der Waals surface area contributed by atoms with Gasteiger partial charge in [0.25, 0.3) is 5.56 Å². The van der Waals surface area contributed by atoms with Crippen LogP contribution in [0.1, 0.15) is 36.3 Å². The number of methoxy groups -OCH3 is 2. The van der Waals surface area contributed by atoms with Crippen LogP contribution in [0.5, 0.6) is 5.75 Å². The van der Waals surface area contributed by atoms with Crippen molar-refractivity contribution in [2.24, 2.45) is 0 Å². The molecule has 0 saturated carbocycles. The molecule has 1 unspecified atom stereocenters. The van der Waals surface area contributed by atoms with E-state index in [1.54, 1.807) is 37.1 Å². The zero-order valence-corrected chi connectivity index (χ0v) is 20.1. The highest BCUT2D eigenvalue weighted by Gasteiger charge is 2.26. The zero-order valence-electron chi connectivity index (χ0n) is 20.1. The summed E-state index contributed by atoms with van der Waals surface area (Å²) in [6, 6.07) is 13.7. The summed E-state index contributed by atoms with van der Waals surface area (Å²) in [5, 5.41) is 13.2. The molecule has 4 aromatic rings. The van der Waals surface area contributed by atoms with Gasteiger partial charge in [-0.1, -0.05) is 19.1 Å². The molecule has 0 fully saturated rings. The fourth-order valence-electron chi connectivity index (χ4n) is 4.18. The van der Waals surface area contributed by atoms with Crippen LogP contribution >= 0.6 is 0 Å². The van der Waals surface area contributed by atoms with Gasteiger partial charge in [0.15, 0.2) is 5.82 Å². The van der Waals surface area contributed by atoms with Gasteiger partial charge in [-0.25, -0.2) is 9.07 Å². The van der Waals surface area contributed by atoms with Crippen molar-refractivity contribution in [3.05, 3.63) is 81.7 Å². The number of nitrogens with zero attached hydrogens (tertiary/aromatic N) is 5. The monoisotopic (exact) mass is 480 g/mol. The number of hydrogen-bond acceptors (Lipinski definition) is 7. The second-order valence-electron chi connectivity index (χ2n) is 8.29. The van der Waals surface area contributed by atoms with E-state index in [9.17, 15) is 9.18 Å². The molecule has 0 bridgehead atoms. The highest BCUT2D eigenvalue weighted by Crippen LogP contribution is 2.27. The van der Waals surface area contributed by atoms with E-state index in [0.29, 0.717) is 55.3 Å². The van der Waals surface area contributed by atoms with Gasteiger partial charge >= 0.3 is 0 Å². The molecule has 0 aliphatic carbocycles. The smallest absolute Gasteiger partial charge is 0.252 e. The lowest BCUT2D eigenvalue weighted by Gasteiger charge is -2.30. The Bertz CT molecular complexity index is 1320. The van der Waals surface area contributed by atoms with Gasteiger partial charge in [-0.05, 0) is 58.1 Å². The Morgan fingerprint density at radius 3 is 2.63 bits per heavy atom. The van der Waals surface area contributed by atoms with Crippen molar-refractivity contribution in [2.75, 3.05) is 20.8 Å². The summed E-state index contributed by atoms with van der Waals surface area (Å²) in [6.07, 6.45) is 0.706. The summed E-state index contributed by atoms with van der Waals surface area (Å²) in [5.74, 6) is 1.07. The predicted octanol–water partition coefficient (Wildman–Crippen LogP) is 3.46. The normalized spacial score (nSPS) is 12.4. The molecule has 0 aliphatic rings. The Morgan fingerprint density at radius 2 is 1.91 bits per heavy atom. The van der Waals surface area contributed by atoms with Crippen molar-refractivity contribution < 1.29 is 13.9 Å². The number of rotatable bonds is 11. The van der Waals surface area contributed by atoms with Crippen LogP contribution in [0.2, 0.25) is 0 Å². The van der Waals surface area contributed by atoms with Gasteiger partial charge < -0.3 is 14.5 Å². The van der Waals surface area contributed by atoms with Crippen molar-refractivity contribution in [3.63, 3.8) is 0 Å². The number of pyridine rings is 1. The summed E-state index contributed by atoms with van der Waals surface area (Å²) in [7, 11) is 3.22. The quantitative estimate of drug-likeness (QED) is 0.351. The maximum absolute atomic E-state index is 13.5. The molecule has 2 aromatic carbocycles. The number of aromatic nitrogens is 5. The van der Waals surface area contributed by atoms with Gasteiger partial charge in [0.05, 0.1) is 31.8 Å². The fourth-order valence-corrected chi connectivity index (χ4v) is 4.18. The van der Waals surface area contributed by atoms with Gasteiger partial charge in [0.2, 0.25) is 0 Å². The first kappa shape index (κ1) is 24.5. The Hall–Kier alpha value is -3.63. The molecule has 2 aromatic heterocycles. The third-order valence-corrected chi connectivity index (χ3v) is 5.99. The van der Waals surface area contributed by atoms with Crippen LogP contribution in [0, 0.1) is 5.82 Å². The van der Waals surface area contributed by atoms with E-state index in [2.05, 4.69) is 32.3 Å². The predicted molar refractivity (Wildman–Crippen MR) is 129 cm³/mol. The van der Waals surface area contributed by atoms with Crippen LogP contribution in [-0.2, 0) is 24.4 Å². The molecule has 4 rings (SSSR count). The number of fused-ring (bicyclic) bond motifs is 1. The first-order valence-electron chi connectivity index (χ1n) is 11.5. The molecule has 0 spiro atoms. The maximum atomic E-state index is 13.5. The molecule has 35 heavy (non-hydrogen) atoms. The molecule has 9 nitrogen and oxygen atoms in total. The van der Waals surface area contributed by atoms with E-state index >= 15 is 0 Å². The molecule has 1 N–H and O–H groups in total. The minimum absolute atomic E-state index is 0.177. The second-order valence-corrected chi connectivity index (χ2v) is 8.29. The number of tetrazole rings is 1. The summed E-state index contributed by atoms with van der Waals surface area (Å²) in [5.41, 5.74) is 2.06. The summed E-state index contributed by atoms with van der Waals surface area (Å²) in [6.45, 7) is 3.87. The van der Waals surface area contributed by atoms with Gasteiger partial charge in [0.1, 0.15) is 11.6 Å². The highest BCUT2D eigenvalue weighted by atomic mass is 19.1. The molecule has 184 valence electrons. The van der Waals surface area contributed by atoms with E-state index in [0.717, 1.165) is 10.9 Å². The average molecular weight is 481 g/mol. The van der Waals surface area contributed by atoms with Crippen LogP contribution in [-0.4, -0.2) is 50.9 Å². The van der Waals surface area contributed by atoms with Gasteiger partial charge in [-0.2, -0.15) is 0 Å². The first-order chi connectivity index (χ1) is 17.0. The van der Waals surface area contributed by atoms with Crippen LogP contribution in [0.3, 0.4) is 0 Å². The largest absolute Gasteiger partial charge is 0.497 e. The molecule has 1 atom stereocenters. The number of nitrogens with one attached hydrogen (secondary N) is 1. The average Bonchev–Trinajstić information content (AvgIpc) is 3.32. The number of hydrogen-bond donors (Lipinski definition) is 1. The number of ether oxygens (including phenoxy) is 2. The third-order valence-electron chi connectivity index (χ3n) is 5.99. The van der Waals surface area contributed by atoms with Crippen molar-refractivity contribution >= 4 is 10.9 Å². The summed E-state index contributed by atoms with van der Waals surface area (Å²) < 4.78 is 25.7. The van der Waals surface area contributed by atoms with Crippen molar-refractivity contribution in [2.45, 2.75) is 39.0 Å². The van der Waals surface area contributed by atoms with E-state index < -0.39 is 0 Å². The van der Waals surface area contributed by atoms with E-state index in [-0.39, 0.29) is 17.4 Å². The molecule has 0 saturated heterocycles. The van der Waals surface area contributed by atoms with Gasteiger partial charge in [-0.15, -0.1) is 5.10 Å². The first-order valence-corrected chi connectivity index (χ1v) is 11.5. The lowest BCUT2D eigenvalue weighted by molar-refractivity contribution is 0.151. The molecule has 0 amide bonds. The summed E-state index contributed by atoms with van der Waals surface area (Å²) in [4.78, 5) is 18.1. The Balaban J connectivity index is 1.71. The zero-order chi connectivity index (χ0) is 24.8. The van der Waals surface area contributed by atoms with E-state index in [1.165, 1.54) is 12.1 Å².